The van der Waals surface area contributed by atoms with Gasteiger partial charge in [-0.25, -0.2) is 0 Å². The van der Waals surface area contributed by atoms with Crippen LogP contribution >= 0.6 is 0 Å². The molecule has 3 rings (SSSR count). The van der Waals surface area contributed by atoms with Gasteiger partial charge >= 0.3 is 0 Å². The molecule has 0 radical (unpaired) electrons. The highest BCUT2D eigenvalue weighted by Crippen LogP contribution is 2.33. The van der Waals surface area contributed by atoms with E-state index in [0.717, 1.165) is 49.7 Å². The van der Waals surface area contributed by atoms with E-state index < -0.39 is 0 Å². The lowest BCUT2D eigenvalue weighted by Gasteiger charge is -2.22. The molecule has 130 valence electrons. The van der Waals surface area contributed by atoms with Crippen molar-refractivity contribution in [3.63, 3.8) is 0 Å². The van der Waals surface area contributed by atoms with E-state index in [1.165, 1.54) is 12.0 Å². The maximum Gasteiger partial charge on any atom is 0.139 e. The molecule has 2 aromatic rings. The SMILES string of the molecule is CCCOc1ccc(CN2CCC[C@H]2c2cc(C(C)C)on2)cc1. The standard InChI is InChI=1S/C20H28N2O2/c1-4-12-23-17-9-7-16(8-10-17)14-22-11-5-6-19(22)18-13-20(15(2)3)24-21-18/h7-10,13,15,19H,4-6,11-12,14H2,1-3H3/t19-/m0/s1. The summed E-state index contributed by atoms with van der Waals surface area (Å²) in [4.78, 5) is 2.50. The second-order valence-corrected chi connectivity index (χ2v) is 6.93. The van der Waals surface area contributed by atoms with Gasteiger partial charge in [-0.3, -0.25) is 4.90 Å². The fraction of sp³-hybridized carbons (Fsp3) is 0.550. The fourth-order valence-electron chi connectivity index (χ4n) is 3.23. The molecule has 1 fully saturated rings. The molecule has 1 aliphatic rings. The quantitative estimate of drug-likeness (QED) is 0.723. The Balaban J connectivity index is 1.65. The van der Waals surface area contributed by atoms with Crippen molar-refractivity contribution in [1.29, 1.82) is 0 Å². The third-order valence-corrected chi connectivity index (χ3v) is 4.60. The van der Waals surface area contributed by atoms with Crippen LogP contribution in [-0.2, 0) is 6.54 Å². The number of aromatic nitrogens is 1. The second kappa shape index (κ2) is 7.84. The largest absolute Gasteiger partial charge is 0.494 e. The molecular weight excluding hydrogens is 300 g/mol. The molecule has 0 N–H and O–H groups in total. The average Bonchev–Trinajstić information content (AvgIpc) is 3.23. The van der Waals surface area contributed by atoms with Crippen LogP contribution in [0.25, 0.3) is 0 Å². The number of hydrogen-bond donors (Lipinski definition) is 0. The molecule has 1 aromatic carbocycles. The second-order valence-electron chi connectivity index (χ2n) is 6.93. The number of rotatable bonds is 7. The van der Waals surface area contributed by atoms with Crippen molar-refractivity contribution in [1.82, 2.24) is 10.1 Å². The van der Waals surface area contributed by atoms with E-state index in [1.807, 2.05) is 0 Å². The van der Waals surface area contributed by atoms with Crippen molar-refractivity contribution >= 4 is 0 Å². The Morgan fingerprint density at radius 2 is 2.08 bits per heavy atom. The van der Waals surface area contributed by atoms with Gasteiger partial charge in [0.1, 0.15) is 17.2 Å². The van der Waals surface area contributed by atoms with E-state index in [9.17, 15) is 0 Å². The monoisotopic (exact) mass is 328 g/mol. The smallest absolute Gasteiger partial charge is 0.139 e. The van der Waals surface area contributed by atoms with Crippen LogP contribution in [0.5, 0.6) is 5.75 Å². The molecule has 0 aliphatic carbocycles. The molecule has 0 saturated carbocycles. The molecule has 2 heterocycles. The van der Waals surface area contributed by atoms with E-state index in [0.29, 0.717) is 12.0 Å². The minimum atomic E-state index is 0.372. The van der Waals surface area contributed by atoms with Gasteiger partial charge in [0.05, 0.1) is 12.6 Å². The molecule has 0 spiro atoms. The Morgan fingerprint density at radius 1 is 1.29 bits per heavy atom. The third-order valence-electron chi connectivity index (χ3n) is 4.60. The third kappa shape index (κ3) is 3.99. The molecule has 0 bridgehead atoms. The van der Waals surface area contributed by atoms with Crippen LogP contribution in [0.15, 0.2) is 34.9 Å². The summed E-state index contributed by atoms with van der Waals surface area (Å²) in [6.07, 6.45) is 3.40. The van der Waals surface area contributed by atoms with Gasteiger partial charge in [0.2, 0.25) is 0 Å². The molecule has 1 aromatic heterocycles. The Bertz CT molecular complexity index is 633. The van der Waals surface area contributed by atoms with Gasteiger partial charge in [-0.15, -0.1) is 0 Å². The first-order valence-electron chi connectivity index (χ1n) is 9.09. The Hall–Kier alpha value is -1.81. The van der Waals surface area contributed by atoms with E-state index >= 15 is 0 Å². The lowest BCUT2D eigenvalue weighted by molar-refractivity contribution is 0.236. The van der Waals surface area contributed by atoms with E-state index in [1.54, 1.807) is 0 Å². The van der Waals surface area contributed by atoms with Gasteiger partial charge in [-0.1, -0.05) is 38.1 Å². The maximum absolute atomic E-state index is 5.66. The first-order chi connectivity index (χ1) is 11.7. The van der Waals surface area contributed by atoms with Gasteiger partial charge in [0.25, 0.3) is 0 Å². The number of hydrogen-bond acceptors (Lipinski definition) is 4. The minimum absolute atomic E-state index is 0.372. The summed E-state index contributed by atoms with van der Waals surface area (Å²) in [6.45, 7) is 9.23. The van der Waals surface area contributed by atoms with Crippen LogP contribution in [-0.4, -0.2) is 23.2 Å². The van der Waals surface area contributed by atoms with E-state index in [4.69, 9.17) is 9.26 Å². The summed E-state index contributed by atoms with van der Waals surface area (Å²) >= 11 is 0. The zero-order chi connectivity index (χ0) is 16.9. The fourth-order valence-corrected chi connectivity index (χ4v) is 3.23. The summed E-state index contributed by atoms with van der Waals surface area (Å²) in [7, 11) is 0. The first kappa shape index (κ1) is 17.0. The summed E-state index contributed by atoms with van der Waals surface area (Å²) in [5, 5.41) is 4.32. The van der Waals surface area contributed by atoms with Crippen LogP contribution in [0.2, 0.25) is 0 Å². The zero-order valence-corrected chi connectivity index (χ0v) is 15.0. The van der Waals surface area contributed by atoms with Crippen LogP contribution in [0, 0.1) is 0 Å². The number of ether oxygens (including phenoxy) is 1. The van der Waals surface area contributed by atoms with Gasteiger partial charge < -0.3 is 9.26 Å². The number of benzene rings is 1. The molecule has 1 atom stereocenters. The molecular formula is C20H28N2O2. The van der Waals surface area contributed by atoms with Crippen molar-refractivity contribution in [3.8, 4) is 5.75 Å². The Morgan fingerprint density at radius 3 is 2.75 bits per heavy atom. The number of likely N-dealkylation sites (tertiary alicyclic amines) is 1. The van der Waals surface area contributed by atoms with Crippen molar-refractivity contribution < 1.29 is 9.26 Å². The van der Waals surface area contributed by atoms with Crippen LogP contribution in [0.1, 0.15) is 69.0 Å². The molecule has 24 heavy (non-hydrogen) atoms. The molecule has 0 unspecified atom stereocenters. The lowest BCUT2D eigenvalue weighted by atomic mass is 10.1. The predicted octanol–water partition coefficient (Wildman–Crippen LogP) is 4.92. The highest BCUT2D eigenvalue weighted by atomic mass is 16.5. The van der Waals surface area contributed by atoms with Crippen molar-refractivity contribution in [2.75, 3.05) is 13.2 Å². The normalized spacial score (nSPS) is 18.4. The van der Waals surface area contributed by atoms with Gasteiger partial charge in [0, 0.05) is 18.5 Å². The lowest BCUT2D eigenvalue weighted by Crippen LogP contribution is -2.22. The highest BCUT2D eigenvalue weighted by molar-refractivity contribution is 5.27. The van der Waals surface area contributed by atoms with Crippen molar-refractivity contribution in [3.05, 3.63) is 47.3 Å². The summed E-state index contributed by atoms with van der Waals surface area (Å²) < 4.78 is 11.2. The van der Waals surface area contributed by atoms with Gasteiger partial charge in [-0.2, -0.15) is 0 Å². The van der Waals surface area contributed by atoms with Crippen LogP contribution in [0.3, 0.4) is 0 Å². The van der Waals surface area contributed by atoms with E-state index in [2.05, 4.69) is 61.2 Å². The van der Waals surface area contributed by atoms with Gasteiger partial charge in [-0.05, 0) is 43.5 Å². The minimum Gasteiger partial charge on any atom is -0.494 e. The number of nitrogens with zero attached hydrogens (tertiary/aromatic N) is 2. The molecule has 0 amide bonds. The molecule has 4 nitrogen and oxygen atoms in total. The zero-order valence-electron chi connectivity index (χ0n) is 15.0. The van der Waals surface area contributed by atoms with Crippen LogP contribution < -0.4 is 4.74 Å². The molecule has 4 heteroatoms. The molecule has 1 saturated heterocycles. The van der Waals surface area contributed by atoms with E-state index in [-0.39, 0.29) is 0 Å². The van der Waals surface area contributed by atoms with Crippen LogP contribution in [0.4, 0.5) is 0 Å². The van der Waals surface area contributed by atoms with Crippen molar-refractivity contribution in [2.24, 2.45) is 0 Å². The first-order valence-corrected chi connectivity index (χ1v) is 9.09. The van der Waals surface area contributed by atoms with Gasteiger partial charge in [0.15, 0.2) is 0 Å². The Labute approximate surface area is 144 Å². The highest BCUT2D eigenvalue weighted by Gasteiger charge is 2.29. The summed E-state index contributed by atoms with van der Waals surface area (Å²) in [6, 6.07) is 11.0. The molecule has 1 aliphatic heterocycles. The summed E-state index contributed by atoms with van der Waals surface area (Å²) in [5.74, 6) is 2.32. The Kier molecular flexibility index (Phi) is 5.56. The maximum atomic E-state index is 5.66. The predicted molar refractivity (Wildman–Crippen MR) is 95.2 cm³/mol. The average molecular weight is 328 g/mol. The summed E-state index contributed by atoms with van der Waals surface area (Å²) in [5.41, 5.74) is 2.40. The topological polar surface area (TPSA) is 38.5 Å². The van der Waals surface area contributed by atoms with Crippen molar-refractivity contribution in [2.45, 2.75) is 58.5 Å².